The quantitative estimate of drug-likeness (QED) is 0.834. The number of amides is 1. The molecule has 1 aliphatic heterocycles. The monoisotopic (exact) mass is 343 g/mol. The molecule has 122 valence electrons. The molecule has 1 heterocycles. The maximum absolute atomic E-state index is 11.6. The third-order valence-corrected chi connectivity index (χ3v) is 4.64. The number of carbonyl (C=O) groups excluding carboxylic acids is 1. The van der Waals surface area contributed by atoms with Gasteiger partial charge in [0.1, 0.15) is 0 Å². The van der Waals surface area contributed by atoms with Gasteiger partial charge in [-0.15, -0.1) is 0 Å². The molecule has 1 atom stereocenters. The van der Waals surface area contributed by atoms with Crippen molar-refractivity contribution >= 4 is 29.1 Å². The second-order valence-corrected chi connectivity index (χ2v) is 6.54. The van der Waals surface area contributed by atoms with E-state index in [1.54, 1.807) is 6.07 Å². The van der Waals surface area contributed by atoms with Gasteiger partial charge in [0.05, 0.1) is 0 Å². The van der Waals surface area contributed by atoms with Gasteiger partial charge in [-0.05, 0) is 43.1 Å². The SMILES string of the molecule is NCCC(=O)NCC1CCCCN1Cc1cc(Cl)ccc1Cl. The predicted molar refractivity (Wildman–Crippen MR) is 91.2 cm³/mol. The van der Waals surface area contributed by atoms with Crippen LogP contribution in [0.2, 0.25) is 10.0 Å². The number of nitrogens with one attached hydrogen (secondary N) is 1. The molecule has 0 radical (unpaired) electrons. The van der Waals surface area contributed by atoms with Gasteiger partial charge in [-0.25, -0.2) is 0 Å². The molecule has 0 aliphatic carbocycles. The van der Waals surface area contributed by atoms with Crippen LogP contribution in [0.5, 0.6) is 0 Å². The Balaban J connectivity index is 1.97. The minimum atomic E-state index is 0.0220. The van der Waals surface area contributed by atoms with Gasteiger partial charge in [0.2, 0.25) is 5.91 Å². The summed E-state index contributed by atoms with van der Waals surface area (Å²) in [4.78, 5) is 14.0. The van der Waals surface area contributed by atoms with Crippen LogP contribution >= 0.6 is 23.2 Å². The van der Waals surface area contributed by atoms with Gasteiger partial charge in [-0.3, -0.25) is 9.69 Å². The molecule has 4 nitrogen and oxygen atoms in total. The zero-order valence-corrected chi connectivity index (χ0v) is 14.2. The molecule has 0 aromatic heterocycles. The summed E-state index contributed by atoms with van der Waals surface area (Å²) < 4.78 is 0. The summed E-state index contributed by atoms with van der Waals surface area (Å²) in [6, 6.07) is 5.89. The molecule has 3 N–H and O–H groups in total. The molecule has 1 unspecified atom stereocenters. The first-order valence-electron chi connectivity index (χ1n) is 7.75. The summed E-state index contributed by atoms with van der Waals surface area (Å²) in [6.07, 6.45) is 3.83. The molecular weight excluding hydrogens is 321 g/mol. The van der Waals surface area contributed by atoms with E-state index in [1.165, 1.54) is 12.8 Å². The van der Waals surface area contributed by atoms with Gasteiger partial charge in [0, 0.05) is 42.1 Å². The van der Waals surface area contributed by atoms with E-state index in [4.69, 9.17) is 28.9 Å². The van der Waals surface area contributed by atoms with Crippen molar-refractivity contribution in [3.05, 3.63) is 33.8 Å². The molecule has 1 saturated heterocycles. The van der Waals surface area contributed by atoms with E-state index in [0.29, 0.717) is 30.6 Å². The van der Waals surface area contributed by atoms with Crippen molar-refractivity contribution in [3.63, 3.8) is 0 Å². The van der Waals surface area contributed by atoms with Gasteiger partial charge in [-0.2, -0.15) is 0 Å². The number of hydrogen-bond donors (Lipinski definition) is 2. The number of piperidine rings is 1. The Morgan fingerprint density at radius 1 is 1.36 bits per heavy atom. The van der Waals surface area contributed by atoms with Crippen molar-refractivity contribution in [1.29, 1.82) is 0 Å². The van der Waals surface area contributed by atoms with Crippen molar-refractivity contribution in [2.45, 2.75) is 38.3 Å². The van der Waals surface area contributed by atoms with Crippen LogP contribution in [0.25, 0.3) is 0 Å². The Morgan fingerprint density at radius 2 is 2.18 bits per heavy atom. The van der Waals surface area contributed by atoms with Crippen molar-refractivity contribution in [2.24, 2.45) is 5.73 Å². The fourth-order valence-electron chi connectivity index (χ4n) is 2.83. The lowest BCUT2D eigenvalue weighted by Gasteiger charge is -2.36. The normalized spacial score (nSPS) is 19.1. The highest BCUT2D eigenvalue weighted by Gasteiger charge is 2.23. The number of benzene rings is 1. The average Bonchev–Trinajstić information content (AvgIpc) is 2.50. The molecule has 6 heteroatoms. The van der Waals surface area contributed by atoms with Crippen LogP contribution in [0, 0.1) is 0 Å². The number of likely N-dealkylation sites (tertiary alicyclic amines) is 1. The lowest BCUT2D eigenvalue weighted by Crippen LogP contribution is -2.46. The van der Waals surface area contributed by atoms with E-state index in [9.17, 15) is 4.79 Å². The van der Waals surface area contributed by atoms with Crippen LogP contribution < -0.4 is 11.1 Å². The summed E-state index contributed by atoms with van der Waals surface area (Å²) in [5, 5.41) is 4.41. The van der Waals surface area contributed by atoms with E-state index in [1.807, 2.05) is 12.1 Å². The third-order valence-electron chi connectivity index (χ3n) is 4.04. The van der Waals surface area contributed by atoms with Gasteiger partial charge in [-0.1, -0.05) is 29.6 Å². The third kappa shape index (κ3) is 5.13. The maximum atomic E-state index is 11.6. The largest absolute Gasteiger partial charge is 0.354 e. The first kappa shape index (κ1) is 17.5. The fraction of sp³-hybridized carbons (Fsp3) is 0.562. The molecule has 1 fully saturated rings. The first-order valence-corrected chi connectivity index (χ1v) is 8.50. The number of rotatable bonds is 6. The molecule has 0 bridgehead atoms. The zero-order chi connectivity index (χ0) is 15.9. The average molecular weight is 344 g/mol. The summed E-state index contributed by atoms with van der Waals surface area (Å²) in [6.45, 7) is 2.83. The number of halogens is 2. The second kappa shape index (κ2) is 8.73. The molecule has 1 aliphatic rings. The van der Waals surface area contributed by atoms with Crippen molar-refractivity contribution in [2.75, 3.05) is 19.6 Å². The molecule has 22 heavy (non-hydrogen) atoms. The Kier molecular flexibility index (Phi) is 6.96. The van der Waals surface area contributed by atoms with E-state index in [-0.39, 0.29) is 5.91 Å². The highest BCUT2D eigenvalue weighted by Crippen LogP contribution is 2.25. The minimum Gasteiger partial charge on any atom is -0.354 e. The molecule has 0 spiro atoms. The minimum absolute atomic E-state index is 0.0220. The standard InChI is InChI=1S/C16H23Cl2N3O/c17-13-4-5-15(18)12(9-13)11-21-8-2-1-3-14(21)10-20-16(22)6-7-19/h4-5,9,14H,1-3,6-8,10-11,19H2,(H,20,22). The van der Waals surface area contributed by atoms with Gasteiger partial charge < -0.3 is 11.1 Å². The number of carbonyl (C=O) groups is 1. The Morgan fingerprint density at radius 3 is 2.95 bits per heavy atom. The Bertz CT molecular complexity index is 510. The smallest absolute Gasteiger partial charge is 0.221 e. The topological polar surface area (TPSA) is 58.4 Å². The summed E-state index contributed by atoms with van der Waals surface area (Å²) in [7, 11) is 0. The van der Waals surface area contributed by atoms with Gasteiger partial charge in [0.15, 0.2) is 0 Å². The molecular formula is C16H23Cl2N3O. The number of hydrogen-bond acceptors (Lipinski definition) is 3. The lowest BCUT2D eigenvalue weighted by molar-refractivity contribution is -0.121. The molecule has 2 rings (SSSR count). The molecule has 1 aromatic carbocycles. The van der Waals surface area contributed by atoms with Crippen molar-refractivity contribution in [1.82, 2.24) is 10.2 Å². The van der Waals surface area contributed by atoms with E-state index in [0.717, 1.165) is 30.1 Å². The van der Waals surface area contributed by atoms with Crippen LogP contribution in [-0.4, -0.2) is 36.5 Å². The highest BCUT2D eigenvalue weighted by molar-refractivity contribution is 6.33. The Labute approximate surface area is 141 Å². The maximum Gasteiger partial charge on any atom is 0.221 e. The van der Waals surface area contributed by atoms with E-state index in [2.05, 4.69) is 10.2 Å². The predicted octanol–water partition coefficient (Wildman–Crippen LogP) is 2.81. The summed E-state index contributed by atoms with van der Waals surface area (Å²) >= 11 is 12.3. The van der Waals surface area contributed by atoms with Crippen molar-refractivity contribution in [3.8, 4) is 0 Å². The summed E-state index contributed by atoms with van der Waals surface area (Å²) in [5.74, 6) is 0.0220. The van der Waals surface area contributed by atoms with E-state index < -0.39 is 0 Å². The molecule has 0 saturated carbocycles. The Hall–Kier alpha value is -0.810. The molecule has 1 aromatic rings. The van der Waals surface area contributed by atoms with Crippen LogP contribution in [0.15, 0.2) is 18.2 Å². The van der Waals surface area contributed by atoms with Gasteiger partial charge >= 0.3 is 0 Å². The lowest BCUT2D eigenvalue weighted by atomic mass is 10.0. The van der Waals surface area contributed by atoms with Crippen LogP contribution in [0.4, 0.5) is 0 Å². The van der Waals surface area contributed by atoms with Crippen LogP contribution in [-0.2, 0) is 11.3 Å². The van der Waals surface area contributed by atoms with E-state index >= 15 is 0 Å². The zero-order valence-electron chi connectivity index (χ0n) is 12.7. The van der Waals surface area contributed by atoms with Crippen LogP contribution in [0.1, 0.15) is 31.2 Å². The fourth-order valence-corrected chi connectivity index (χ4v) is 3.21. The van der Waals surface area contributed by atoms with Crippen LogP contribution in [0.3, 0.4) is 0 Å². The number of nitrogens with two attached hydrogens (primary N) is 1. The summed E-state index contributed by atoms with van der Waals surface area (Å²) in [5.41, 5.74) is 6.44. The first-order chi connectivity index (χ1) is 10.6. The van der Waals surface area contributed by atoms with Crippen molar-refractivity contribution < 1.29 is 4.79 Å². The second-order valence-electron chi connectivity index (χ2n) is 5.70. The number of nitrogens with zero attached hydrogens (tertiary/aromatic N) is 1. The molecule has 1 amide bonds. The van der Waals surface area contributed by atoms with Gasteiger partial charge in [0.25, 0.3) is 0 Å². The highest BCUT2D eigenvalue weighted by atomic mass is 35.5.